The van der Waals surface area contributed by atoms with Crippen molar-refractivity contribution >= 4 is 39.1 Å². The van der Waals surface area contributed by atoms with Crippen LogP contribution >= 0.6 is 11.8 Å². The number of alkyl halides is 3. The van der Waals surface area contributed by atoms with Gasteiger partial charge in [-0.3, -0.25) is 4.79 Å². The van der Waals surface area contributed by atoms with E-state index in [0.717, 1.165) is 27.3 Å². The molecule has 2 aromatic rings. The summed E-state index contributed by atoms with van der Waals surface area (Å²) >= 11 is 1.47. The lowest BCUT2D eigenvalue weighted by Crippen LogP contribution is -2.32. The van der Waals surface area contributed by atoms with Crippen LogP contribution in [0.25, 0.3) is 16.7 Å². The highest BCUT2D eigenvalue weighted by Gasteiger charge is 2.32. The van der Waals surface area contributed by atoms with E-state index in [1.165, 1.54) is 31.0 Å². The molecule has 1 unspecified atom stereocenters. The minimum Gasteiger partial charge on any atom is -0.496 e. The number of halogens is 3. The zero-order chi connectivity index (χ0) is 30.2. The molecule has 12 heteroatoms. The lowest BCUT2D eigenvalue weighted by Gasteiger charge is -2.33. The third-order valence-electron chi connectivity index (χ3n) is 6.63. The normalized spacial score (nSPS) is 18.1. The first kappa shape index (κ1) is 30.8. The first-order valence-electron chi connectivity index (χ1n) is 12.9. The van der Waals surface area contributed by atoms with Crippen molar-refractivity contribution in [3.05, 3.63) is 58.5 Å². The van der Waals surface area contributed by atoms with Gasteiger partial charge in [-0.05, 0) is 68.4 Å². The van der Waals surface area contributed by atoms with Crippen LogP contribution in [0.1, 0.15) is 51.7 Å². The fraction of sp³-hybridized carbons (Fsp3) is 0.414. The number of allylic oxidation sites excluding steroid dienone is 3. The molecular weight excluding hydrogens is 579 g/mol. The van der Waals surface area contributed by atoms with Crippen LogP contribution < -0.4 is 14.2 Å². The van der Waals surface area contributed by atoms with E-state index >= 15 is 0 Å². The van der Waals surface area contributed by atoms with Gasteiger partial charge in [-0.15, -0.1) is 11.8 Å². The predicted molar refractivity (Wildman–Crippen MR) is 154 cm³/mol. The number of thioether (sulfide) groups is 1. The molecule has 222 valence electrons. The molecule has 1 atom stereocenters. The van der Waals surface area contributed by atoms with Crippen molar-refractivity contribution in [3.63, 3.8) is 0 Å². The third kappa shape index (κ3) is 7.59. The molecule has 0 saturated carbocycles. The minimum absolute atomic E-state index is 0.0199. The Hall–Kier alpha value is -3.12. The van der Waals surface area contributed by atoms with E-state index in [1.807, 2.05) is 45.9 Å². The van der Waals surface area contributed by atoms with Crippen LogP contribution in [0, 0.1) is 0 Å². The Labute approximate surface area is 242 Å². The standard InChI is InChI=1S/C29H32F3NO6S2/c1-17-15-28(3,4)33-23-10-9-20(22(26(17)23)16-38-27(34)25-11-6-18(2)40-25)21-8-7-19(14-24(21)37-5)39-41(35,36)13-12-29(30,31)32/h6-10,14-15,25,33H,11-13,16H2,1-5H3. The van der Waals surface area contributed by atoms with E-state index in [4.69, 9.17) is 13.7 Å². The van der Waals surface area contributed by atoms with Gasteiger partial charge >= 0.3 is 22.3 Å². The van der Waals surface area contributed by atoms with Crippen molar-refractivity contribution in [3.8, 4) is 22.6 Å². The van der Waals surface area contributed by atoms with Crippen LogP contribution in [0.4, 0.5) is 18.9 Å². The lowest BCUT2D eigenvalue weighted by molar-refractivity contribution is -0.144. The van der Waals surface area contributed by atoms with Crippen LogP contribution in [-0.2, 0) is 26.3 Å². The molecule has 0 amide bonds. The molecule has 0 bridgehead atoms. The molecule has 1 N–H and O–H groups in total. The zero-order valence-electron chi connectivity index (χ0n) is 23.3. The first-order valence-corrected chi connectivity index (χ1v) is 15.3. The number of anilines is 1. The largest absolute Gasteiger partial charge is 0.496 e. The second kappa shape index (κ2) is 11.6. The van der Waals surface area contributed by atoms with Gasteiger partial charge in [-0.2, -0.15) is 21.6 Å². The maximum Gasteiger partial charge on any atom is 0.390 e. The molecule has 0 aliphatic carbocycles. The molecule has 4 rings (SSSR count). The molecule has 0 aromatic heterocycles. The summed E-state index contributed by atoms with van der Waals surface area (Å²) in [7, 11) is -3.10. The first-order chi connectivity index (χ1) is 19.1. The summed E-state index contributed by atoms with van der Waals surface area (Å²) in [5.74, 6) is -1.47. The Morgan fingerprint density at radius 3 is 2.49 bits per heavy atom. The number of methoxy groups -OCH3 is 1. The average molecular weight is 612 g/mol. The number of rotatable bonds is 9. The number of esters is 1. The van der Waals surface area contributed by atoms with Gasteiger partial charge in [0, 0.05) is 28.4 Å². The number of carbonyl (C=O) groups is 1. The Morgan fingerprint density at radius 1 is 1.15 bits per heavy atom. The highest BCUT2D eigenvalue weighted by atomic mass is 32.2. The quantitative estimate of drug-likeness (QED) is 0.238. The summed E-state index contributed by atoms with van der Waals surface area (Å²) in [6.07, 6.45) is -1.46. The number of fused-ring (bicyclic) bond motifs is 1. The van der Waals surface area contributed by atoms with Crippen LogP contribution in [0.3, 0.4) is 0 Å². The molecule has 2 aromatic carbocycles. The molecule has 2 aliphatic rings. The molecule has 7 nitrogen and oxygen atoms in total. The van der Waals surface area contributed by atoms with Crippen molar-refractivity contribution in [2.75, 3.05) is 18.2 Å². The van der Waals surface area contributed by atoms with Crippen LogP contribution in [-0.4, -0.2) is 44.2 Å². The number of hydrogen-bond acceptors (Lipinski definition) is 8. The number of carbonyl (C=O) groups excluding carboxylic acids is 1. The van der Waals surface area contributed by atoms with E-state index in [-0.39, 0.29) is 34.9 Å². The van der Waals surface area contributed by atoms with E-state index < -0.39 is 28.5 Å². The van der Waals surface area contributed by atoms with Gasteiger partial charge in [0.1, 0.15) is 23.4 Å². The second-order valence-electron chi connectivity index (χ2n) is 10.5. The van der Waals surface area contributed by atoms with E-state index in [9.17, 15) is 26.4 Å². The molecule has 41 heavy (non-hydrogen) atoms. The van der Waals surface area contributed by atoms with Gasteiger partial charge in [0.15, 0.2) is 0 Å². The van der Waals surface area contributed by atoms with Crippen molar-refractivity contribution in [1.82, 2.24) is 0 Å². The van der Waals surface area contributed by atoms with Gasteiger partial charge in [0.05, 0.1) is 24.8 Å². The molecule has 0 saturated heterocycles. The Bertz CT molecular complexity index is 1510. The molecule has 0 fully saturated rings. The summed E-state index contributed by atoms with van der Waals surface area (Å²) in [5.41, 5.74) is 4.40. The number of ether oxygens (including phenoxy) is 2. The number of benzene rings is 2. The number of hydrogen-bond donors (Lipinski definition) is 1. The topological polar surface area (TPSA) is 90.9 Å². The van der Waals surface area contributed by atoms with Crippen molar-refractivity contribution in [2.24, 2.45) is 0 Å². The molecule has 2 heterocycles. The Kier molecular flexibility index (Phi) is 8.75. The predicted octanol–water partition coefficient (Wildman–Crippen LogP) is 7.08. The lowest BCUT2D eigenvalue weighted by atomic mass is 9.85. The van der Waals surface area contributed by atoms with Gasteiger partial charge in [0.25, 0.3) is 0 Å². The summed E-state index contributed by atoms with van der Waals surface area (Å²) in [5, 5.41) is 3.18. The highest BCUT2D eigenvalue weighted by Crippen LogP contribution is 2.44. The summed E-state index contributed by atoms with van der Waals surface area (Å²) < 4.78 is 78.2. The zero-order valence-corrected chi connectivity index (χ0v) is 25.0. The van der Waals surface area contributed by atoms with Crippen molar-refractivity contribution < 1.29 is 40.0 Å². The van der Waals surface area contributed by atoms with Gasteiger partial charge in [0.2, 0.25) is 0 Å². The van der Waals surface area contributed by atoms with Gasteiger partial charge < -0.3 is 19.0 Å². The molecular formula is C29H32F3NO6S2. The number of nitrogens with one attached hydrogen (secondary N) is 1. The molecule has 0 radical (unpaired) electrons. The van der Waals surface area contributed by atoms with Crippen molar-refractivity contribution in [1.29, 1.82) is 0 Å². The maximum absolute atomic E-state index is 12.9. The van der Waals surface area contributed by atoms with Gasteiger partial charge in [-0.1, -0.05) is 18.2 Å². The Balaban J connectivity index is 1.70. The summed E-state index contributed by atoms with van der Waals surface area (Å²) in [4.78, 5) is 14.0. The second-order valence-corrected chi connectivity index (χ2v) is 13.7. The monoisotopic (exact) mass is 611 g/mol. The fourth-order valence-electron chi connectivity index (χ4n) is 4.95. The maximum atomic E-state index is 12.9. The fourth-order valence-corrected chi connectivity index (χ4v) is 6.91. The third-order valence-corrected chi connectivity index (χ3v) is 8.99. The van der Waals surface area contributed by atoms with Crippen LogP contribution in [0.5, 0.6) is 11.5 Å². The average Bonchev–Trinajstić information content (AvgIpc) is 3.31. The highest BCUT2D eigenvalue weighted by molar-refractivity contribution is 8.04. The summed E-state index contributed by atoms with van der Waals surface area (Å²) in [6.45, 7) is 8.01. The Morgan fingerprint density at radius 2 is 1.85 bits per heavy atom. The van der Waals surface area contributed by atoms with Crippen LogP contribution in [0.2, 0.25) is 0 Å². The van der Waals surface area contributed by atoms with Crippen molar-refractivity contribution in [2.45, 2.75) is 64.1 Å². The SMILES string of the molecule is COc1cc(OS(=O)(=O)CCC(F)(F)F)ccc1-c1ccc2c(c1COC(=O)C1CC=C(C)S1)C(C)=CC(C)(C)N2. The van der Waals surface area contributed by atoms with E-state index in [0.29, 0.717) is 17.5 Å². The van der Waals surface area contributed by atoms with E-state index in [1.54, 1.807) is 6.07 Å². The van der Waals surface area contributed by atoms with Gasteiger partial charge in [-0.25, -0.2) is 0 Å². The molecule has 0 spiro atoms. The smallest absolute Gasteiger partial charge is 0.390 e. The summed E-state index contributed by atoms with van der Waals surface area (Å²) in [6, 6.07) is 8.01. The minimum atomic E-state index is -4.63. The van der Waals surface area contributed by atoms with E-state index in [2.05, 4.69) is 11.4 Å². The molecule has 2 aliphatic heterocycles. The van der Waals surface area contributed by atoms with Crippen LogP contribution in [0.15, 0.2) is 47.4 Å².